The Morgan fingerprint density at radius 1 is 1.27 bits per heavy atom. The number of anilines is 1. The summed E-state index contributed by atoms with van der Waals surface area (Å²) in [4.78, 5) is 28.1. The highest BCUT2D eigenvalue weighted by Gasteiger charge is 2.21. The van der Waals surface area contributed by atoms with Gasteiger partial charge in [0.2, 0.25) is 5.91 Å². The van der Waals surface area contributed by atoms with Gasteiger partial charge in [0.25, 0.3) is 0 Å². The lowest BCUT2D eigenvalue weighted by molar-refractivity contribution is -0.117. The quantitative estimate of drug-likeness (QED) is 0.630. The lowest BCUT2D eigenvalue weighted by atomic mass is 10.1. The van der Waals surface area contributed by atoms with Crippen LogP contribution in [0.25, 0.3) is 6.08 Å². The van der Waals surface area contributed by atoms with Crippen molar-refractivity contribution >= 4 is 34.8 Å². The van der Waals surface area contributed by atoms with Gasteiger partial charge in [0.1, 0.15) is 0 Å². The van der Waals surface area contributed by atoms with E-state index in [1.165, 1.54) is 4.88 Å². The normalized spacial score (nSPS) is 15.0. The maximum Gasteiger partial charge on any atom is 0.227 e. The monoisotopic (exact) mass is 311 g/mol. The van der Waals surface area contributed by atoms with Crippen molar-refractivity contribution in [2.45, 2.75) is 19.8 Å². The van der Waals surface area contributed by atoms with Gasteiger partial charge in [0.15, 0.2) is 5.78 Å². The van der Waals surface area contributed by atoms with Gasteiger partial charge in [-0.1, -0.05) is 12.1 Å². The van der Waals surface area contributed by atoms with Crippen molar-refractivity contribution in [2.75, 3.05) is 11.4 Å². The van der Waals surface area contributed by atoms with Gasteiger partial charge in [-0.15, -0.1) is 11.3 Å². The number of ketones is 1. The van der Waals surface area contributed by atoms with E-state index in [0.717, 1.165) is 23.5 Å². The number of thiophene rings is 1. The highest BCUT2D eigenvalue weighted by molar-refractivity contribution is 7.12. The second-order valence-corrected chi connectivity index (χ2v) is 6.66. The van der Waals surface area contributed by atoms with Crippen LogP contribution in [-0.4, -0.2) is 18.2 Å². The van der Waals surface area contributed by atoms with Crippen LogP contribution in [0.4, 0.5) is 5.69 Å². The molecule has 1 aliphatic heterocycles. The number of carbonyl (C=O) groups is 2. The first-order valence-electron chi connectivity index (χ1n) is 7.33. The Morgan fingerprint density at radius 3 is 2.82 bits per heavy atom. The molecular weight excluding hydrogens is 294 g/mol. The summed E-state index contributed by atoms with van der Waals surface area (Å²) < 4.78 is 0. The lowest BCUT2D eigenvalue weighted by Gasteiger charge is -2.16. The third-order valence-electron chi connectivity index (χ3n) is 3.68. The van der Waals surface area contributed by atoms with Crippen LogP contribution in [0.15, 0.2) is 42.5 Å². The van der Waals surface area contributed by atoms with E-state index in [1.54, 1.807) is 34.4 Å². The number of benzene rings is 1. The molecule has 0 bridgehead atoms. The Morgan fingerprint density at radius 2 is 2.14 bits per heavy atom. The van der Waals surface area contributed by atoms with Crippen molar-refractivity contribution in [3.63, 3.8) is 0 Å². The molecule has 0 N–H and O–H groups in total. The first kappa shape index (κ1) is 14.7. The summed E-state index contributed by atoms with van der Waals surface area (Å²) in [7, 11) is 0. The molecule has 1 aliphatic rings. The molecule has 1 aromatic heterocycles. The minimum Gasteiger partial charge on any atom is -0.312 e. The highest BCUT2D eigenvalue weighted by Crippen LogP contribution is 2.23. The molecule has 3 rings (SSSR count). The minimum atomic E-state index is -0.0421. The maximum absolute atomic E-state index is 12.3. The van der Waals surface area contributed by atoms with E-state index >= 15 is 0 Å². The van der Waals surface area contributed by atoms with Crippen LogP contribution in [-0.2, 0) is 4.79 Å². The Balaban J connectivity index is 1.78. The molecule has 1 aromatic carbocycles. The first-order valence-corrected chi connectivity index (χ1v) is 8.14. The predicted octanol–water partition coefficient (Wildman–Crippen LogP) is 4.08. The maximum atomic E-state index is 12.3. The molecule has 3 nitrogen and oxygen atoms in total. The molecule has 1 amide bonds. The fourth-order valence-electron chi connectivity index (χ4n) is 2.55. The minimum absolute atomic E-state index is 0.0421. The summed E-state index contributed by atoms with van der Waals surface area (Å²) in [6.45, 7) is 2.78. The molecule has 4 heteroatoms. The Kier molecular flexibility index (Phi) is 4.20. The molecule has 0 aliphatic carbocycles. The highest BCUT2D eigenvalue weighted by atomic mass is 32.1. The van der Waals surface area contributed by atoms with Gasteiger partial charge in [-0.05, 0) is 49.8 Å². The van der Waals surface area contributed by atoms with Crippen molar-refractivity contribution < 1.29 is 9.59 Å². The van der Waals surface area contributed by atoms with Crippen LogP contribution >= 0.6 is 11.3 Å². The van der Waals surface area contributed by atoms with Gasteiger partial charge in [-0.2, -0.15) is 0 Å². The van der Waals surface area contributed by atoms with E-state index in [0.29, 0.717) is 12.0 Å². The zero-order chi connectivity index (χ0) is 15.5. The summed E-state index contributed by atoms with van der Waals surface area (Å²) in [5.74, 6) is 0.0914. The number of hydrogen-bond acceptors (Lipinski definition) is 3. The van der Waals surface area contributed by atoms with Crippen LogP contribution < -0.4 is 4.90 Å². The van der Waals surface area contributed by atoms with Crippen molar-refractivity contribution in [3.05, 3.63) is 57.8 Å². The zero-order valence-electron chi connectivity index (χ0n) is 12.4. The summed E-state index contributed by atoms with van der Waals surface area (Å²) in [5, 5.41) is 0. The molecule has 2 heterocycles. The van der Waals surface area contributed by atoms with Gasteiger partial charge in [0, 0.05) is 34.0 Å². The van der Waals surface area contributed by atoms with Crippen molar-refractivity contribution in [1.29, 1.82) is 0 Å². The van der Waals surface area contributed by atoms with Gasteiger partial charge in [-0.25, -0.2) is 0 Å². The van der Waals surface area contributed by atoms with Gasteiger partial charge >= 0.3 is 0 Å². The molecule has 0 saturated carbocycles. The van der Waals surface area contributed by atoms with E-state index in [9.17, 15) is 9.59 Å². The van der Waals surface area contributed by atoms with Crippen molar-refractivity contribution in [1.82, 2.24) is 0 Å². The topological polar surface area (TPSA) is 37.4 Å². The molecule has 0 radical (unpaired) electrons. The third kappa shape index (κ3) is 3.17. The molecule has 1 fully saturated rings. The first-order chi connectivity index (χ1) is 10.6. The van der Waals surface area contributed by atoms with Gasteiger partial charge < -0.3 is 4.90 Å². The van der Waals surface area contributed by atoms with Crippen LogP contribution in [0.5, 0.6) is 0 Å². The Labute approximate surface area is 133 Å². The summed E-state index contributed by atoms with van der Waals surface area (Å²) in [5.41, 5.74) is 1.43. The number of allylic oxidation sites excluding steroid dienone is 1. The van der Waals surface area contributed by atoms with Crippen molar-refractivity contribution in [2.24, 2.45) is 0 Å². The number of aryl methyl sites for hydroxylation is 1. The average molecular weight is 311 g/mol. The average Bonchev–Trinajstić information content (AvgIpc) is 3.13. The van der Waals surface area contributed by atoms with E-state index < -0.39 is 0 Å². The van der Waals surface area contributed by atoms with Crippen LogP contribution in [0.3, 0.4) is 0 Å². The van der Waals surface area contributed by atoms with Crippen LogP contribution in [0.1, 0.15) is 33.0 Å². The number of rotatable bonds is 4. The standard InChI is InChI=1S/C18H17NO2S/c1-13-7-8-16(22-13)9-10-17(20)14-4-2-5-15(12-14)19-11-3-6-18(19)21/h2,4-5,7-10,12H,3,6,11H2,1H3/b10-9+. The molecule has 1 saturated heterocycles. The lowest BCUT2D eigenvalue weighted by Crippen LogP contribution is -2.23. The molecule has 0 atom stereocenters. The molecule has 0 spiro atoms. The fourth-order valence-corrected chi connectivity index (χ4v) is 3.33. The van der Waals surface area contributed by atoms with Crippen LogP contribution in [0.2, 0.25) is 0 Å². The van der Waals surface area contributed by atoms with Crippen molar-refractivity contribution in [3.8, 4) is 0 Å². The summed E-state index contributed by atoms with van der Waals surface area (Å²) >= 11 is 1.66. The molecule has 2 aromatic rings. The SMILES string of the molecule is Cc1ccc(/C=C/C(=O)c2cccc(N3CCCC3=O)c2)s1. The smallest absolute Gasteiger partial charge is 0.227 e. The number of amides is 1. The molecule has 22 heavy (non-hydrogen) atoms. The van der Waals surface area contributed by atoms with Crippen LogP contribution in [0, 0.1) is 6.92 Å². The van der Waals surface area contributed by atoms with Gasteiger partial charge in [-0.3, -0.25) is 9.59 Å². The van der Waals surface area contributed by atoms with E-state index in [4.69, 9.17) is 0 Å². The second-order valence-electron chi connectivity index (χ2n) is 5.35. The van der Waals surface area contributed by atoms with E-state index in [2.05, 4.69) is 0 Å². The number of carbonyl (C=O) groups excluding carboxylic acids is 2. The largest absolute Gasteiger partial charge is 0.312 e. The zero-order valence-corrected chi connectivity index (χ0v) is 13.2. The summed E-state index contributed by atoms with van der Waals surface area (Å²) in [6, 6.07) is 11.3. The van der Waals surface area contributed by atoms with E-state index in [1.807, 2.05) is 37.3 Å². The van der Waals surface area contributed by atoms with E-state index in [-0.39, 0.29) is 11.7 Å². The molecule has 112 valence electrons. The third-order valence-corrected chi connectivity index (χ3v) is 4.64. The Hall–Kier alpha value is -2.20. The summed E-state index contributed by atoms with van der Waals surface area (Å²) in [6.07, 6.45) is 4.91. The molecule has 0 unspecified atom stereocenters. The number of hydrogen-bond donors (Lipinski definition) is 0. The number of nitrogens with zero attached hydrogens (tertiary/aromatic N) is 1. The predicted molar refractivity (Wildman–Crippen MR) is 90.4 cm³/mol. The Bertz CT molecular complexity index is 745. The fraction of sp³-hybridized carbons (Fsp3) is 0.222. The second kappa shape index (κ2) is 6.28. The molecular formula is C18H17NO2S. The van der Waals surface area contributed by atoms with Gasteiger partial charge in [0.05, 0.1) is 0 Å².